The highest BCUT2D eigenvalue weighted by Crippen LogP contribution is 2.35. The van der Waals surface area contributed by atoms with Crippen molar-refractivity contribution in [3.05, 3.63) is 0 Å². The van der Waals surface area contributed by atoms with Crippen molar-refractivity contribution in [1.29, 1.82) is 0 Å². The molecular weight excluding hydrogens is 178 g/mol. The first-order valence-corrected chi connectivity index (χ1v) is 5.67. The molecule has 14 heavy (non-hydrogen) atoms. The fraction of sp³-hybridized carbons (Fsp3) is 0.909. The largest absolute Gasteiger partial charge is 0.447 e. The molecule has 80 valence electrons. The van der Waals surface area contributed by atoms with Gasteiger partial charge >= 0.3 is 6.09 Å². The molecule has 2 fully saturated rings. The monoisotopic (exact) mass is 197 g/mol. The number of piperidine rings is 1. The molecule has 2 atom stereocenters. The number of hydrogen-bond donors (Lipinski definition) is 0. The van der Waals surface area contributed by atoms with Crippen molar-refractivity contribution in [3.63, 3.8) is 0 Å². The Morgan fingerprint density at radius 1 is 1.21 bits per heavy atom. The van der Waals surface area contributed by atoms with Crippen LogP contribution in [-0.4, -0.2) is 29.2 Å². The van der Waals surface area contributed by atoms with Crippen molar-refractivity contribution < 1.29 is 9.53 Å². The zero-order valence-electron chi connectivity index (χ0n) is 9.03. The maximum atomic E-state index is 11.8. The van der Waals surface area contributed by atoms with Gasteiger partial charge in [-0.05, 0) is 46.0 Å². The predicted octanol–water partition coefficient (Wildman–Crippen LogP) is 2.55. The summed E-state index contributed by atoms with van der Waals surface area (Å²) in [6, 6.07) is 0.944. The van der Waals surface area contributed by atoms with Crippen molar-refractivity contribution in [2.45, 2.75) is 64.1 Å². The average Bonchev–Trinajstić information content (AvgIpc) is 2.36. The van der Waals surface area contributed by atoms with E-state index in [9.17, 15) is 4.79 Å². The molecule has 3 nitrogen and oxygen atoms in total. The molecule has 0 N–H and O–H groups in total. The minimum absolute atomic E-state index is 0.00354. The summed E-state index contributed by atoms with van der Waals surface area (Å²) in [6.07, 6.45) is 5.89. The zero-order chi connectivity index (χ0) is 10.1. The highest BCUT2D eigenvalue weighted by atomic mass is 16.6. The Morgan fingerprint density at radius 3 is 2.29 bits per heavy atom. The first-order valence-electron chi connectivity index (χ1n) is 5.67. The van der Waals surface area contributed by atoms with Gasteiger partial charge in [-0.2, -0.15) is 0 Å². The Bertz CT molecular complexity index is 211. The number of hydrogen-bond acceptors (Lipinski definition) is 2. The number of carbonyl (C=O) groups excluding carboxylic acids is 1. The molecule has 0 aliphatic carbocycles. The molecule has 0 aromatic heterocycles. The van der Waals surface area contributed by atoms with Gasteiger partial charge in [0.1, 0.15) is 0 Å². The van der Waals surface area contributed by atoms with Crippen LogP contribution in [-0.2, 0) is 4.74 Å². The van der Waals surface area contributed by atoms with E-state index in [0.717, 1.165) is 0 Å². The summed E-state index contributed by atoms with van der Waals surface area (Å²) in [5.41, 5.74) is 0. The Labute approximate surface area is 85.4 Å². The van der Waals surface area contributed by atoms with E-state index in [2.05, 4.69) is 0 Å². The maximum absolute atomic E-state index is 11.8. The molecule has 2 rings (SSSR count). The summed E-state index contributed by atoms with van der Waals surface area (Å²) in [5, 5.41) is 0. The lowest BCUT2D eigenvalue weighted by molar-refractivity contribution is 0.0501. The second kappa shape index (κ2) is 3.79. The van der Waals surface area contributed by atoms with E-state index in [4.69, 9.17) is 4.74 Å². The van der Waals surface area contributed by atoms with Gasteiger partial charge < -0.3 is 9.64 Å². The summed E-state index contributed by atoms with van der Waals surface area (Å²) in [6.45, 7) is 3.81. The SMILES string of the molecule is CC(C)OC(=O)N1C2CCC[C@H]1CC2. The summed E-state index contributed by atoms with van der Waals surface area (Å²) in [5.74, 6) is 0. The molecule has 0 aromatic rings. The Balaban J connectivity index is 2.00. The van der Waals surface area contributed by atoms with Crippen LogP contribution >= 0.6 is 0 Å². The predicted molar refractivity (Wildman–Crippen MR) is 54.1 cm³/mol. The number of carbonyl (C=O) groups is 1. The van der Waals surface area contributed by atoms with Crippen LogP contribution in [0.2, 0.25) is 0 Å². The fourth-order valence-electron chi connectivity index (χ4n) is 2.68. The van der Waals surface area contributed by atoms with Crippen LogP contribution in [0.5, 0.6) is 0 Å². The molecule has 1 unspecified atom stereocenters. The van der Waals surface area contributed by atoms with Gasteiger partial charge in [-0.15, -0.1) is 0 Å². The molecule has 0 aromatic carbocycles. The van der Waals surface area contributed by atoms with E-state index in [0.29, 0.717) is 12.1 Å². The summed E-state index contributed by atoms with van der Waals surface area (Å²) < 4.78 is 5.26. The van der Waals surface area contributed by atoms with E-state index in [1.165, 1.54) is 32.1 Å². The lowest BCUT2D eigenvalue weighted by Crippen LogP contribution is -2.44. The molecule has 2 aliphatic rings. The minimum atomic E-state index is -0.0906. The van der Waals surface area contributed by atoms with Crippen LogP contribution in [0.1, 0.15) is 46.0 Å². The van der Waals surface area contributed by atoms with Gasteiger partial charge in [0.15, 0.2) is 0 Å². The third kappa shape index (κ3) is 1.72. The first-order chi connectivity index (χ1) is 6.68. The second-order valence-electron chi connectivity index (χ2n) is 4.66. The third-order valence-electron chi connectivity index (χ3n) is 3.24. The van der Waals surface area contributed by atoms with Gasteiger partial charge in [0.05, 0.1) is 6.10 Å². The van der Waals surface area contributed by atoms with Crippen LogP contribution in [0.4, 0.5) is 4.79 Å². The second-order valence-corrected chi connectivity index (χ2v) is 4.66. The van der Waals surface area contributed by atoms with Crippen LogP contribution in [0.25, 0.3) is 0 Å². The van der Waals surface area contributed by atoms with Gasteiger partial charge in [0, 0.05) is 12.1 Å². The molecule has 2 heterocycles. The lowest BCUT2D eigenvalue weighted by atomic mass is 10.0. The van der Waals surface area contributed by atoms with Crippen molar-refractivity contribution in [1.82, 2.24) is 4.90 Å². The average molecular weight is 197 g/mol. The van der Waals surface area contributed by atoms with Crippen molar-refractivity contribution in [3.8, 4) is 0 Å². The number of rotatable bonds is 1. The van der Waals surface area contributed by atoms with E-state index < -0.39 is 0 Å². The standard InChI is InChI=1S/C11H19NO2/c1-8(2)14-11(13)12-9-4-3-5-10(12)7-6-9/h8-10H,3-7H2,1-2H3/t9-,10?/m0/s1. The number of nitrogens with zero attached hydrogens (tertiary/aromatic N) is 1. The van der Waals surface area contributed by atoms with E-state index in [-0.39, 0.29) is 12.2 Å². The molecule has 3 heteroatoms. The van der Waals surface area contributed by atoms with Gasteiger partial charge in [0.25, 0.3) is 0 Å². The van der Waals surface area contributed by atoms with Crippen molar-refractivity contribution >= 4 is 6.09 Å². The van der Waals surface area contributed by atoms with Crippen LogP contribution < -0.4 is 0 Å². The van der Waals surface area contributed by atoms with Crippen molar-refractivity contribution in [2.24, 2.45) is 0 Å². The quantitative estimate of drug-likeness (QED) is 0.646. The third-order valence-corrected chi connectivity index (χ3v) is 3.24. The van der Waals surface area contributed by atoms with Crippen molar-refractivity contribution in [2.75, 3.05) is 0 Å². The number of fused-ring (bicyclic) bond motifs is 2. The molecule has 2 aliphatic heterocycles. The van der Waals surface area contributed by atoms with E-state index in [1.807, 2.05) is 18.7 Å². The number of amides is 1. The Morgan fingerprint density at radius 2 is 1.79 bits per heavy atom. The van der Waals surface area contributed by atoms with Gasteiger partial charge in [0.2, 0.25) is 0 Å². The molecule has 2 bridgehead atoms. The lowest BCUT2D eigenvalue weighted by Gasteiger charge is -2.34. The molecule has 0 spiro atoms. The van der Waals surface area contributed by atoms with Gasteiger partial charge in [-0.25, -0.2) is 4.79 Å². The molecular formula is C11H19NO2. The molecule has 1 amide bonds. The summed E-state index contributed by atoms with van der Waals surface area (Å²) >= 11 is 0. The van der Waals surface area contributed by atoms with Crippen LogP contribution in [0.3, 0.4) is 0 Å². The van der Waals surface area contributed by atoms with Crippen LogP contribution in [0, 0.1) is 0 Å². The molecule has 0 saturated carbocycles. The first kappa shape index (κ1) is 9.81. The highest BCUT2D eigenvalue weighted by Gasteiger charge is 2.40. The minimum Gasteiger partial charge on any atom is -0.447 e. The Hall–Kier alpha value is -0.730. The van der Waals surface area contributed by atoms with Crippen LogP contribution in [0.15, 0.2) is 0 Å². The fourth-order valence-corrected chi connectivity index (χ4v) is 2.68. The normalized spacial score (nSPS) is 30.9. The maximum Gasteiger partial charge on any atom is 0.410 e. The van der Waals surface area contributed by atoms with E-state index in [1.54, 1.807) is 0 Å². The summed E-state index contributed by atoms with van der Waals surface area (Å²) in [4.78, 5) is 13.8. The van der Waals surface area contributed by atoms with Gasteiger partial charge in [-0.3, -0.25) is 0 Å². The Kier molecular flexibility index (Phi) is 2.66. The molecule has 2 saturated heterocycles. The number of ether oxygens (including phenoxy) is 1. The highest BCUT2D eigenvalue weighted by molar-refractivity contribution is 5.69. The summed E-state index contributed by atoms with van der Waals surface area (Å²) in [7, 11) is 0. The zero-order valence-corrected chi connectivity index (χ0v) is 9.03. The molecule has 0 radical (unpaired) electrons. The van der Waals surface area contributed by atoms with Gasteiger partial charge in [-0.1, -0.05) is 0 Å². The van der Waals surface area contributed by atoms with E-state index >= 15 is 0 Å². The smallest absolute Gasteiger partial charge is 0.410 e. The topological polar surface area (TPSA) is 29.5 Å².